The third-order valence-corrected chi connectivity index (χ3v) is 3.98. The van der Waals surface area contributed by atoms with E-state index < -0.39 is 0 Å². The Labute approximate surface area is 124 Å². The molecule has 0 amide bonds. The molecule has 1 nitrogen and oxygen atoms in total. The number of rotatable bonds is 5. The largest absolute Gasteiger partial charge is 0.313 e. The summed E-state index contributed by atoms with van der Waals surface area (Å²) < 4.78 is 1.14. The van der Waals surface area contributed by atoms with Gasteiger partial charge >= 0.3 is 0 Å². The number of likely N-dealkylation sites (N-methyl/N-ethyl adjacent to an activating group) is 1. The Morgan fingerprint density at radius 3 is 2.58 bits per heavy atom. The minimum Gasteiger partial charge on any atom is -0.313 e. The summed E-state index contributed by atoms with van der Waals surface area (Å²) in [6, 6.07) is 17.6. The predicted molar refractivity (Wildman–Crippen MR) is 85.5 cm³/mol. The van der Waals surface area contributed by atoms with Gasteiger partial charge < -0.3 is 5.32 Å². The van der Waals surface area contributed by atoms with Crippen molar-refractivity contribution in [3.63, 3.8) is 0 Å². The molecule has 2 rings (SSSR count). The van der Waals surface area contributed by atoms with Gasteiger partial charge in [-0.05, 0) is 48.7 Å². The van der Waals surface area contributed by atoms with Crippen LogP contribution in [0.1, 0.15) is 29.7 Å². The zero-order chi connectivity index (χ0) is 13.7. The second kappa shape index (κ2) is 6.88. The number of hydrogen-bond acceptors (Lipinski definition) is 1. The first-order valence-corrected chi connectivity index (χ1v) is 7.53. The Bertz CT molecular complexity index is 536. The molecule has 0 saturated carbocycles. The van der Waals surface area contributed by atoms with Gasteiger partial charge in [-0.1, -0.05) is 59.3 Å². The second-order valence-electron chi connectivity index (χ2n) is 4.73. The summed E-state index contributed by atoms with van der Waals surface area (Å²) >= 11 is 3.54. The molecule has 0 aliphatic rings. The molecule has 0 radical (unpaired) electrons. The predicted octanol–water partition coefficient (Wildman–Crippen LogP) is 4.51. The normalized spacial score (nSPS) is 12.4. The molecule has 19 heavy (non-hydrogen) atoms. The van der Waals surface area contributed by atoms with Gasteiger partial charge in [0.1, 0.15) is 0 Å². The van der Waals surface area contributed by atoms with E-state index in [0.29, 0.717) is 6.04 Å². The number of halogens is 1. The molecule has 0 fully saturated rings. The first-order valence-electron chi connectivity index (χ1n) is 6.74. The van der Waals surface area contributed by atoms with Gasteiger partial charge in [0.2, 0.25) is 0 Å². The highest BCUT2D eigenvalue weighted by molar-refractivity contribution is 9.10. The lowest BCUT2D eigenvalue weighted by atomic mass is 9.94. The lowest BCUT2D eigenvalue weighted by Crippen LogP contribution is -2.20. The zero-order valence-corrected chi connectivity index (χ0v) is 13.1. The Kier molecular flexibility index (Phi) is 5.17. The van der Waals surface area contributed by atoms with E-state index in [1.165, 1.54) is 16.7 Å². The maximum atomic E-state index is 3.54. The molecule has 0 heterocycles. The van der Waals surface area contributed by atoms with Crippen LogP contribution in [0.25, 0.3) is 0 Å². The lowest BCUT2D eigenvalue weighted by molar-refractivity contribution is 0.587. The van der Waals surface area contributed by atoms with Crippen molar-refractivity contribution < 1.29 is 0 Å². The van der Waals surface area contributed by atoms with Gasteiger partial charge in [-0.25, -0.2) is 0 Å². The van der Waals surface area contributed by atoms with Gasteiger partial charge in [0.05, 0.1) is 0 Å². The Balaban J connectivity index is 2.25. The molecule has 0 bridgehead atoms. The van der Waals surface area contributed by atoms with Gasteiger partial charge in [0.25, 0.3) is 0 Å². The molecule has 0 saturated heterocycles. The zero-order valence-electron chi connectivity index (χ0n) is 11.5. The number of nitrogens with one attached hydrogen (secondary N) is 1. The Morgan fingerprint density at radius 1 is 1.11 bits per heavy atom. The van der Waals surface area contributed by atoms with Crippen molar-refractivity contribution in [1.29, 1.82) is 0 Å². The van der Waals surface area contributed by atoms with E-state index in [1.807, 2.05) is 7.05 Å². The van der Waals surface area contributed by atoms with E-state index >= 15 is 0 Å². The van der Waals surface area contributed by atoms with Crippen LogP contribution in [0.15, 0.2) is 53.0 Å². The average molecular weight is 318 g/mol. The average Bonchev–Trinajstić information content (AvgIpc) is 2.45. The first-order chi connectivity index (χ1) is 9.24. The first kappa shape index (κ1) is 14.3. The molecule has 2 heteroatoms. The van der Waals surface area contributed by atoms with Crippen molar-refractivity contribution in [3.05, 3.63) is 69.7 Å². The second-order valence-corrected chi connectivity index (χ2v) is 5.64. The van der Waals surface area contributed by atoms with Crippen molar-refractivity contribution >= 4 is 15.9 Å². The lowest BCUT2D eigenvalue weighted by Gasteiger charge is -2.20. The van der Waals surface area contributed by atoms with Crippen molar-refractivity contribution in [2.75, 3.05) is 7.05 Å². The molecule has 0 aliphatic heterocycles. The third kappa shape index (κ3) is 3.68. The molecular weight excluding hydrogens is 298 g/mol. The highest BCUT2D eigenvalue weighted by Gasteiger charge is 2.13. The fraction of sp³-hybridized carbons (Fsp3) is 0.294. The molecule has 0 aliphatic carbocycles. The third-order valence-electron chi connectivity index (χ3n) is 3.49. The molecule has 2 aromatic rings. The SMILES string of the molecule is CCc1ccccc1C(Cc1cccc(Br)c1)NC. The summed E-state index contributed by atoms with van der Waals surface area (Å²) in [7, 11) is 2.04. The molecule has 1 unspecified atom stereocenters. The summed E-state index contributed by atoms with van der Waals surface area (Å²) in [5, 5.41) is 3.45. The molecule has 1 N–H and O–H groups in total. The van der Waals surface area contributed by atoms with E-state index in [-0.39, 0.29) is 0 Å². The fourth-order valence-corrected chi connectivity index (χ4v) is 2.91. The molecule has 0 spiro atoms. The smallest absolute Gasteiger partial charge is 0.0361 e. The van der Waals surface area contributed by atoms with Crippen LogP contribution in [0.4, 0.5) is 0 Å². The van der Waals surface area contributed by atoms with Crippen LogP contribution in [-0.4, -0.2) is 7.05 Å². The van der Waals surface area contributed by atoms with Crippen LogP contribution in [0.3, 0.4) is 0 Å². The number of benzene rings is 2. The quantitative estimate of drug-likeness (QED) is 0.855. The standard InChI is InChI=1S/C17H20BrN/c1-3-14-8-4-5-10-16(14)17(19-2)12-13-7-6-9-15(18)11-13/h4-11,17,19H,3,12H2,1-2H3. The summed E-state index contributed by atoms with van der Waals surface area (Å²) in [4.78, 5) is 0. The number of hydrogen-bond donors (Lipinski definition) is 1. The van der Waals surface area contributed by atoms with Gasteiger partial charge in [-0.15, -0.1) is 0 Å². The highest BCUT2D eigenvalue weighted by Crippen LogP contribution is 2.23. The minimum atomic E-state index is 0.366. The van der Waals surface area contributed by atoms with Gasteiger partial charge in [0.15, 0.2) is 0 Å². The van der Waals surface area contributed by atoms with Crippen molar-refractivity contribution in [3.8, 4) is 0 Å². The van der Waals surface area contributed by atoms with Gasteiger partial charge in [0, 0.05) is 10.5 Å². The van der Waals surface area contributed by atoms with E-state index in [0.717, 1.165) is 17.3 Å². The molecular formula is C17H20BrN. The summed E-state index contributed by atoms with van der Waals surface area (Å²) in [5.41, 5.74) is 4.18. The minimum absolute atomic E-state index is 0.366. The van der Waals surface area contributed by atoms with Crippen LogP contribution in [-0.2, 0) is 12.8 Å². The van der Waals surface area contributed by atoms with E-state index in [4.69, 9.17) is 0 Å². The maximum Gasteiger partial charge on any atom is 0.0361 e. The van der Waals surface area contributed by atoms with Crippen LogP contribution in [0.5, 0.6) is 0 Å². The van der Waals surface area contributed by atoms with Crippen molar-refractivity contribution in [1.82, 2.24) is 5.32 Å². The topological polar surface area (TPSA) is 12.0 Å². The van der Waals surface area contributed by atoms with Gasteiger partial charge in [-0.3, -0.25) is 0 Å². The number of aryl methyl sites for hydroxylation is 1. The van der Waals surface area contributed by atoms with Crippen LogP contribution in [0, 0.1) is 0 Å². The monoisotopic (exact) mass is 317 g/mol. The molecule has 1 atom stereocenters. The van der Waals surface area contributed by atoms with Gasteiger partial charge in [-0.2, -0.15) is 0 Å². The Hall–Kier alpha value is -1.12. The Morgan fingerprint density at radius 2 is 1.89 bits per heavy atom. The van der Waals surface area contributed by atoms with Crippen LogP contribution >= 0.6 is 15.9 Å². The van der Waals surface area contributed by atoms with E-state index in [1.54, 1.807) is 0 Å². The van der Waals surface area contributed by atoms with Crippen LogP contribution in [0.2, 0.25) is 0 Å². The summed E-state index contributed by atoms with van der Waals surface area (Å²) in [5.74, 6) is 0. The fourth-order valence-electron chi connectivity index (χ4n) is 2.46. The summed E-state index contributed by atoms with van der Waals surface area (Å²) in [6.45, 7) is 2.21. The highest BCUT2D eigenvalue weighted by atomic mass is 79.9. The van der Waals surface area contributed by atoms with Crippen LogP contribution < -0.4 is 5.32 Å². The van der Waals surface area contributed by atoms with E-state index in [2.05, 4.69) is 76.7 Å². The molecule has 100 valence electrons. The molecule has 2 aromatic carbocycles. The molecule has 0 aromatic heterocycles. The van der Waals surface area contributed by atoms with Crippen molar-refractivity contribution in [2.24, 2.45) is 0 Å². The van der Waals surface area contributed by atoms with Crippen molar-refractivity contribution in [2.45, 2.75) is 25.8 Å². The summed E-state index contributed by atoms with van der Waals surface area (Å²) in [6.07, 6.45) is 2.08. The maximum absolute atomic E-state index is 3.54. The van der Waals surface area contributed by atoms with E-state index in [9.17, 15) is 0 Å².